The van der Waals surface area contributed by atoms with Gasteiger partial charge in [0.25, 0.3) is 5.91 Å². The molecule has 0 bridgehead atoms. The van der Waals surface area contributed by atoms with Crippen LogP contribution in [0.4, 0.5) is 35.0 Å². The van der Waals surface area contributed by atoms with E-state index in [1.807, 2.05) is 36.2 Å². The number of nitrogens with zero attached hydrogens (tertiary/aromatic N) is 4. The Labute approximate surface area is 200 Å². The second-order valence-corrected chi connectivity index (χ2v) is 8.10. The van der Waals surface area contributed by atoms with Crippen LogP contribution in [0.1, 0.15) is 15.9 Å². The molecule has 2 aromatic carbocycles. The molecule has 0 atom stereocenters. The Bertz CT molecular complexity index is 1160. The molecule has 1 saturated heterocycles. The minimum absolute atomic E-state index is 0.120. The van der Waals surface area contributed by atoms with Crippen LogP contribution in [0, 0.1) is 0 Å². The maximum atomic E-state index is 12.9. The lowest BCUT2D eigenvalue weighted by Crippen LogP contribution is -2.51. The van der Waals surface area contributed by atoms with Gasteiger partial charge in [-0.1, -0.05) is 0 Å². The molecule has 0 spiro atoms. The van der Waals surface area contributed by atoms with Crippen LogP contribution in [0.25, 0.3) is 0 Å². The van der Waals surface area contributed by atoms with Crippen LogP contribution < -0.4 is 10.2 Å². The second kappa shape index (κ2) is 10.0. The molecule has 1 fully saturated rings. The van der Waals surface area contributed by atoms with Crippen molar-refractivity contribution < 1.29 is 22.8 Å². The predicted molar refractivity (Wildman–Crippen MR) is 127 cm³/mol. The number of hydrogen-bond acceptors (Lipinski definition) is 4. The zero-order valence-corrected chi connectivity index (χ0v) is 19.0. The number of halogens is 3. The predicted octanol–water partition coefficient (Wildman–Crippen LogP) is 4.86. The summed E-state index contributed by atoms with van der Waals surface area (Å²) in [5.74, 6) is -0.120. The van der Waals surface area contributed by atoms with Crippen molar-refractivity contribution in [1.82, 2.24) is 14.8 Å². The zero-order valence-electron chi connectivity index (χ0n) is 19.0. The van der Waals surface area contributed by atoms with E-state index in [-0.39, 0.29) is 11.6 Å². The molecule has 7 nitrogen and oxygen atoms in total. The molecule has 10 heteroatoms. The van der Waals surface area contributed by atoms with Gasteiger partial charge in [0.2, 0.25) is 0 Å². The molecule has 3 amide bonds. The van der Waals surface area contributed by atoms with E-state index in [0.29, 0.717) is 31.7 Å². The molecule has 0 radical (unpaired) electrons. The molecule has 0 aliphatic carbocycles. The van der Waals surface area contributed by atoms with Crippen molar-refractivity contribution in [3.63, 3.8) is 0 Å². The molecule has 3 aromatic rings. The fourth-order valence-electron chi connectivity index (χ4n) is 3.78. The van der Waals surface area contributed by atoms with Gasteiger partial charge in [0, 0.05) is 68.2 Å². The van der Waals surface area contributed by atoms with Crippen LogP contribution >= 0.6 is 0 Å². The maximum absolute atomic E-state index is 12.9. The third kappa shape index (κ3) is 5.71. The van der Waals surface area contributed by atoms with Crippen molar-refractivity contribution in [2.75, 3.05) is 43.4 Å². The lowest BCUT2D eigenvalue weighted by Gasteiger charge is -2.34. The number of nitrogens with one attached hydrogen (secondary N) is 1. The molecule has 2 heterocycles. The molecule has 1 aromatic heterocycles. The summed E-state index contributed by atoms with van der Waals surface area (Å²) in [6, 6.07) is 15.0. The van der Waals surface area contributed by atoms with Crippen molar-refractivity contribution >= 4 is 29.0 Å². The number of aromatic nitrogens is 1. The van der Waals surface area contributed by atoms with E-state index < -0.39 is 17.8 Å². The fraction of sp³-hybridized carbons (Fsp3) is 0.240. The quantitative estimate of drug-likeness (QED) is 0.576. The number of carbonyl (C=O) groups excluding carboxylic acids is 2. The van der Waals surface area contributed by atoms with Gasteiger partial charge < -0.3 is 20.0 Å². The van der Waals surface area contributed by atoms with Crippen molar-refractivity contribution in [2.45, 2.75) is 6.18 Å². The largest absolute Gasteiger partial charge is 0.416 e. The first kappa shape index (κ1) is 24.1. The highest BCUT2D eigenvalue weighted by Gasteiger charge is 2.30. The average molecular weight is 483 g/mol. The second-order valence-electron chi connectivity index (χ2n) is 8.10. The molecule has 4 rings (SSSR count). The number of alkyl halides is 3. The first-order valence-electron chi connectivity index (χ1n) is 11.0. The zero-order chi connectivity index (χ0) is 25.0. The highest BCUT2D eigenvalue weighted by atomic mass is 19.4. The monoisotopic (exact) mass is 483 g/mol. The van der Waals surface area contributed by atoms with Gasteiger partial charge in [0.15, 0.2) is 0 Å². The van der Waals surface area contributed by atoms with E-state index >= 15 is 0 Å². The van der Waals surface area contributed by atoms with Crippen LogP contribution in [0.15, 0.2) is 73.1 Å². The summed E-state index contributed by atoms with van der Waals surface area (Å²) in [5, 5.41) is 2.60. The van der Waals surface area contributed by atoms with Crippen LogP contribution in [0.5, 0.6) is 0 Å². The van der Waals surface area contributed by atoms with Crippen molar-refractivity contribution in [3.05, 3.63) is 84.2 Å². The van der Waals surface area contributed by atoms with Gasteiger partial charge in [0.05, 0.1) is 5.56 Å². The van der Waals surface area contributed by atoms with Crippen molar-refractivity contribution in [1.29, 1.82) is 0 Å². The molecule has 1 aliphatic rings. The maximum Gasteiger partial charge on any atom is 0.416 e. The van der Waals surface area contributed by atoms with Gasteiger partial charge >= 0.3 is 12.2 Å². The Balaban J connectivity index is 1.30. The van der Waals surface area contributed by atoms with Gasteiger partial charge in [-0.25, -0.2) is 4.79 Å². The van der Waals surface area contributed by atoms with Crippen LogP contribution in [0.3, 0.4) is 0 Å². The number of amides is 3. The topological polar surface area (TPSA) is 68.8 Å². The summed E-state index contributed by atoms with van der Waals surface area (Å²) in [7, 11) is 1.93. The third-order valence-electron chi connectivity index (χ3n) is 5.87. The van der Waals surface area contributed by atoms with E-state index in [4.69, 9.17) is 0 Å². The van der Waals surface area contributed by atoms with Crippen molar-refractivity contribution in [2.24, 2.45) is 0 Å². The number of rotatable bonds is 4. The minimum atomic E-state index is -4.43. The number of carbonyl (C=O) groups is 2. The van der Waals surface area contributed by atoms with Gasteiger partial charge in [-0.15, -0.1) is 0 Å². The number of anilines is 3. The number of urea groups is 1. The van der Waals surface area contributed by atoms with Gasteiger partial charge in [-0.05, 0) is 60.7 Å². The number of pyridine rings is 1. The third-order valence-corrected chi connectivity index (χ3v) is 5.87. The van der Waals surface area contributed by atoms with Crippen LogP contribution in [-0.2, 0) is 6.18 Å². The Kier molecular flexibility index (Phi) is 6.90. The summed E-state index contributed by atoms with van der Waals surface area (Å²) >= 11 is 0. The number of piperazine rings is 1. The summed E-state index contributed by atoms with van der Waals surface area (Å²) in [5.41, 5.74) is 1.96. The molecular formula is C25H24F3N5O2. The smallest absolute Gasteiger partial charge is 0.345 e. The molecule has 0 saturated carbocycles. The normalized spacial score (nSPS) is 13.9. The molecule has 1 N–H and O–H groups in total. The fourth-order valence-corrected chi connectivity index (χ4v) is 3.78. The standard InChI is InChI=1S/C25H24F3N5O2/c1-31(22-10-12-29-13-11-22)21-8-2-18(3-9-21)23(34)32-14-16-33(17-15-32)24(35)30-20-6-4-19(5-7-20)25(26,27)28/h2-13H,14-17H2,1H3,(H,30,35). The summed E-state index contributed by atoms with van der Waals surface area (Å²) in [4.78, 5) is 34.6. The summed E-state index contributed by atoms with van der Waals surface area (Å²) in [6.45, 7) is 1.36. The van der Waals surface area contributed by atoms with E-state index in [1.54, 1.807) is 29.4 Å². The van der Waals surface area contributed by atoms with E-state index in [0.717, 1.165) is 23.5 Å². The molecular weight excluding hydrogens is 459 g/mol. The Morgan fingerprint density at radius 3 is 1.94 bits per heavy atom. The summed E-state index contributed by atoms with van der Waals surface area (Å²) < 4.78 is 38.1. The highest BCUT2D eigenvalue weighted by molar-refractivity contribution is 5.95. The molecule has 0 unspecified atom stereocenters. The molecule has 35 heavy (non-hydrogen) atoms. The molecule has 182 valence electrons. The van der Waals surface area contributed by atoms with E-state index in [2.05, 4.69) is 10.3 Å². The van der Waals surface area contributed by atoms with Crippen molar-refractivity contribution in [3.8, 4) is 0 Å². The van der Waals surface area contributed by atoms with Crippen LogP contribution in [-0.4, -0.2) is 59.9 Å². The minimum Gasteiger partial charge on any atom is -0.345 e. The average Bonchev–Trinajstić information content (AvgIpc) is 2.88. The lowest BCUT2D eigenvalue weighted by atomic mass is 10.1. The highest BCUT2D eigenvalue weighted by Crippen LogP contribution is 2.30. The Morgan fingerprint density at radius 2 is 1.37 bits per heavy atom. The van der Waals surface area contributed by atoms with Gasteiger partial charge in [0.1, 0.15) is 0 Å². The van der Waals surface area contributed by atoms with E-state index in [1.165, 1.54) is 17.0 Å². The summed E-state index contributed by atoms with van der Waals surface area (Å²) in [6.07, 6.45) is -0.998. The van der Waals surface area contributed by atoms with Gasteiger partial charge in [-0.2, -0.15) is 13.2 Å². The lowest BCUT2D eigenvalue weighted by molar-refractivity contribution is -0.137. The molecule has 1 aliphatic heterocycles. The Morgan fingerprint density at radius 1 is 0.829 bits per heavy atom. The van der Waals surface area contributed by atoms with Crippen LogP contribution in [0.2, 0.25) is 0 Å². The van der Waals surface area contributed by atoms with Gasteiger partial charge in [-0.3, -0.25) is 9.78 Å². The number of benzene rings is 2. The first-order valence-corrected chi connectivity index (χ1v) is 11.0. The van der Waals surface area contributed by atoms with E-state index in [9.17, 15) is 22.8 Å². The Hall–Kier alpha value is -4.08. The first-order chi connectivity index (χ1) is 16.7. The SMILES string of the molecule is CN(c1ccncc1)c1ccc(C(=O)N2CCN(C(=O)Nc3ccc(C(F)(F)F)cc3)CC2)cc1. The number of hydrogen-bond donors (Lipinski definition) is 1.